The largest absolute Gasteiger partial charge is 0.486 e. The highest BCUT2D eigenvalue weighted by Crippen LogP contribution is 2.23. The van der Waals surface area contributed by atoms with Gasteiger partial charge in [-0.15, -0.1) is 0 Å². The standard InChI is InChI=1S/C15H15BrO/c1-11-3-5-13(6-4-11)12(2)17-15-9-7-14(16)8-10-15/h3-10,12H,1-2H3. The molecule has 0 fully saturated rings. The van der Waals surface area contributed by atoms with Crippen LogP contribution in [0.1, 0.15) is 24.2 Å². The van der Waals surface area contributed by atoms with Gasteiger partial charge in [0.2, 0.25) is 0 Å². The summed E-state index contributed by atoms with van der Waals surface area (Å²) in [6.45, 7) is 4.15. The van der Waals surface area contributed by atoms with Gasteiger partial charge in [0.15, 0.2) is 0 Å². The average molecular weight is 291 g/mol. The fourth-order valence-electron chi connectivity index (χ4n) is 1.62. The Kier molecular flexibility index (Phi) is 3.85. The van der Waals surface area contributed by atoms with Gasteiger partial charge in [-0.2, -0.15) is 0 Å². The van der Waals surface area contributed by atoms with Crippen molar-refractivity contribution in [1.82, 2.24) is 0 Å². The molecular formula is C15H15BrO. The zero-order chi connectivity index (χ0) is 12.3. The van der Waals surface area contributed by atoms with Crippen molar-refractivity contribution in [3.05, 3.63) is 64.1 Å². The van der Waals surface area contributed by atoms with E-state index in [0.717, 1.165) is 10.2 Å². The molecule has 2 aromatic carbocycles. The van der Waals surface area contributed by atoms with Gasteiger partial charge in [-0.1, -0.05) is 45.8 Å². The molecule has 0 saturated heterocycles. The van der Waals surface area contributed by atoms with Crippen LogP contribution in [0.25, 0.3) is 0 Å². The van der Waals surface area contributed by atoms with E-state index in [0.29, 0.717) is 0 Å². The van der Waals surface area contributed by atoms with E-state index in [1.165, 1.54) is 11.1 Å². The summed E-state index contributed by atoms with van der Waals surface area (Å²) >= 11 is 3.41. The first-order chi connectivity index (χ1) is 8.15. The molecule has 1 unspecified atom stereocenters. The van der Waals surface area contributed by atoms with Gasteiger partial charge in [0.05, 0.1) is 0 Å². The van der Waals surface area contributed by atoms with E-state index in [4.69, 9.17) is 4.74 Å². The molecule has 0 radical (unpaired) electrons. The Balaban J connectivity index is 2.08. The second-order valence-corrected chi connectivity index (χ2v) is 5.04. The van der Waals surface area contributed by atoms with Gasteiger partial charge in [0.1, 0.15) is 11.9 Å². The molecule has 2 heteroatoms. The van der Waals surface area contributed by atoms with Gasteiger partial charge in [-0.25, -0.2) is 0 Å². The van der Waals surface area contributed by atoms with E-state index in [1.807, 2.05) is 24.3 Å². The fraction of sp³-hybridized carbons (Fsp3) is 0.200. The number of halogens is 1. The number of hydrogen-bond acceptors (Lipinski definition) is 1. The van der Waals surface area contributed by atoms with Crippen molar-refractivity contribution in [3.63, 3.8) is 0 Å². The van der Waals surface area contributed by atoms with E-state index in [-0.39, 0.29) is 6.10 Å². The number of hydrogen-bond donors (Lipinski definition) is 0. The Morgan fingerprint density at radius 2 is 1.53 bits per heavy atom. The predicted octanol–water partition coefficient (Wildman–Crippen LogP) is 4.90. The molecule has 1 atom stereocenters. The molecule has 0 N–H and O–H groups in total. The van der Waals surface area contributed by atoms with Gasteiger partial charge in [0, 0.05) is 4.47 Å². The fourth-order valence-corrected chi connectivity index (χ4v) is 1.89. The smallest absolute Gasteiger partial charge is 0.121 e. The highest BCUT2D eigenvalue weighted by atomic mass is 79.9. The van der Waals surface area contributed by atoms with Gasteiger partial charge in [-0.05, 0) is 43.7 Å². The number of aryl methyl sites for hydroxylation is 1. The van der Waals surface area contributed by atoms with Crippen LogP contribution in [0.2, 0.25) is 0 Å². The van der Waals surface area contributed by atoms with Crippen LogP contribution < -0.4 is 4.74 Å². The Bertz CT molecular complexity index is 473. The molecule has 0 heterocycles. The second-order valence-electron chi connectivity index (χ2n) is 4.12. The van der Waals surface area contributed by atoms with Crippen molar-refractivity contribution in [3.8, 4) is 5.75 Å². The Hall–Kier alpha value is -1.28. The molecule has 1 nitrogen and oxygen atoms in total. The molecular weight excluding hydrogens is 276 g/mol. The first-order valence-corrected chi connectivity index (χ1v) is 6.43. The third-order valence-electron chi connectivity index (χ3n) is 2.67. The molecule has 88 valence electrons. The van der Waals surface area contributed by atoms with Gasteiger partial charge >= 0.3 is 0 Å². The maximum absolute atomic E-state index is 5.87. The van der Waals surface area contributed by atoms with Crippen molar-refractivity contribution in [2.45, 2.75) is 20.0 Å². The molecule has 0 aromatic heterocycles. The molecule has 0 amide bonds. The summed E-state index contributed by atoms with van der Waals surface area (Å²) in [4.78, 5) is 0. The lowest BCUT2D eigenvalue weighted by Crippen LogP contribution is -2.02. The van der Waals surface area contributed by atoms with Crippen LogP contribution in [0, 0.1) is 6.92 Å². The average Bonchev–Trinajstić information content (AvgIpc) is 2.33. The molecule has 0 aliphatic heterocycles. The molecule has 0 aliphatic rings. The summed E-state index contributed by atoms with van der Waals surface area (Å²) < 4.78 is 6.94. The van der Waals surface area contributed by atoms with Crippen molar-refractivity contribution >= 4 is 15.9 Å². The Labute approximate surface area is 111 Å². The van der Waals surface area contributed by atoms with Crippen molar-refractivity contribution in [2.75, 3.05) is 0 Å². The van der Waals surface area contributed by atoms with Crippen molar-refractivity contribution in [2.24, 2.45) is 0 Å². The maximum Gasteiger partial charge on any atom is 0.121 e. The summed E-state index contributed by atoms with van der Waals surface area (Å²) in [5.41, 5.74) is 2.46. The molecule has 17 heavy (non-hydrogen) atoms. The van der Waals surface area contributed by atoms with E-state index in [1.54, 1.807) is 0 Å². The number of benzene rings is 2. The van der Waals surface area contributed by atoms with Crippen LogP contribution >= 0.6 is 15.9 Å². The summed E-state index contributed by atoms with van der Waals surface area (Å²) in [5, 5.41) is 0. The minimum absolute atomic E-state index is 0.0665. The third kappa shape index (κ3) is 3.34. The minimum atomic E-state index is 0.0665. The normalized spacial score (nSPS) is 12.2. The lowest BCUT2D eigenvalue weighted by Gasteiger charge is -2.15. The molecule has 2 rings (SSSR count). The van der Waals surface area contributed by atoms with Crippen LogP contribution in [0.15, 0.2) is 53.0 Å². The first-order valence-electron chi connectivity index (χ1n) is 5.64. The second kappa shape index (κ2) is 5.37. The third-order valence-corrected chi connectivity index (χ3v) is 3.20. The van der Waals surface area contributed by atoms with Crippen LogP contribution in [0.5, 0.6) is 5.75 Å². The lowest BCUT2D eigenvalue weighted by molar-refractivity contribution is 0.227. The Morgan fingerprint density at radius 3 is 2.12 bits per heavy atom. The molecule has 0 bridgehead atoms. The quantitative estimate of drug-likeness (QED) is 0.781. The molecule has 0 aliphatic carbocycles. The topological polar surface area (TPSA) is 9.23 Å². The SMILES string of the molecule is Cc1ccc(C(C)Oc2ccc(Br)cc2)cc1. The first kappa shape index (κ1) is 12.2. The zero-order valence-corrected chi connectivity index (χ0v) is 11.6. The van der Waals surface area contributed by atoms with Crippen LogP contribution in [0.3, 0.4) is 0 Å². The lowest BCUT2D eigenvalue weighted by atomic mass is 10.1. The maximum atomic E-state index is 5.87. The number of rotatable bonds is 3. The summed E-state index contributed by atoms with van der Waals surface area (Å²) in [7, 11) is 0. The number of ether oxygens (including phenoxy) is 1. The highest BCUT2D eigenvalue weighted by Gasteiger charge is 2.06. The van der Waals surface area contributed by atoms with E-state index >= 15 is 0 Å². The minimum Gasteiger partial charge on any atom is -0.486 e. The van der Waals surface area contributed by atoms with Crippen LogP contribution in [-0.2, 0) is 0 Å². The van der Waals surface area contributed by atoms with Crippen LogP contribution in [0.4, 0.5) is 0 Å². The van der Waals surface area contributed by atoms with E-state index < -0.39 is 0 Å². The monoisotopic (exact) mass is 290 g/mol. The Morgan fingerprint density at radius 1 is 0.941 bits per heavy atom. The summed E-state index contributed by atoms with van der Waals surface area (Å²) in [6.07, 6.45) is 0.0665. The summed E-state index contributed by atoms with van der Waals surface area (Å²) in [5.74, 6) is 0.890. The summed E-state index contributed by atoms with van der Waals surface area (Å²) in [6, 6.07) is 16.3. The van der Waals surface area contributed by atoms with Gasteiger partial charge in [-0.3, -0.25) is 0 Å². The van der Waals surface area contributed by atoms with Gasteiger partial charge in [0.25, 0.3) is 0 Å². The molecule has 0 spiro atoms. The zero-order valence-electron chi connectivity index (χ0n) is 9.98. The molecule has 2 aromatic rings. The van der Waals surface area contributed by atoms with E-state index in [2.05, 4.69) is 54.0 Å². The highest BCUT2D eigenvalue weighted by molar-refractivity contribution is 9.10. The van der Waals surface area contributed by atoms with Crippen LogP contribution in [-0.4, -0.2) is 0 Å². The van der Waals surface area contributed by atoms with E-state index in [9.17, 15) is 0 Å². The van der Waals surface area contributed by atoms with Crippen molar-refractivity contribution < 1.29 is 4.74 Å². The molecule has 0 saturated carbocycles. The van der Waals surface area contributed by atoms with Crippen molar-refractivity contribution in [1.29, 1.82) is 0 Å². The predicted molar refractivity (Wildman–Crippen MR) is 74.4 cm³/mol. The van der Waals surface area contributed by atoms with Gasteiger partial charge < -0.3 is 4.74 Å².